The van der Waals surface area contributed by atoms with Gasteiger partial charge in [-0.3, -0.25) is 0 Å². The van der Waals surface area contributed by atoms with Crippen molar-refractivity contribution < 1.29 is 0 Å². The van der Waals surface area contributed by atoms with Crippen LogP contribution in [0.15, 0.2) is 60.7 Å². The Labute approximate surface area is 133 Å². The van der Waals surface area contributed by atoms with E-state index in [0.29, 0.717) is 5.41 Å². The highest BCUT2D eigenvalue weighted by molar-refractivity contribution is 7.48. The molecule has 0 aliphatic carbocycles. The maximum atomic E-state index is 2.37. The molecule has 2 heteroatoms. The molecule has 2 atom stereocenters. The lowest BCUT2D eigenvalue weighted by Gasteiger charge is -2.32. The van der Waals surface area contributed by atoms with Crippen LogP contribution in [0.4, 0.5) is 0 Å². The standard InChI is InChI=1S/C19H26P2/c1-3-19(4-2,15-20-17-11-7-5-8-12-17)16-21-18-13-9-6-10-14-18/h5-14,20-21H,3-4,15-16H2,1-2H3. The highest BCUT2D eigenvalue weighted by Crippen LogP contribution is 2.38. The zero-order valence-corrected chi connectivity index (χ0v) is 15.1. The fourth-order valence-electron chi connectivity index (χ4n) is 2.50. The molecule has 112 valence electrons. The zero-order chi connectivity index (χ0) is 15.0. The van der Waals surface area contributed by atoms with Crippen LogP contribution < -0.4 is 10.6 Å². The van der Waals surface area contributed by atoms with Gasteiger partial charge in [0.15, 0.2) is 0 Å². The van der Waals surface area contributed by atoms with Gasteiger partial charge in [0.1, 0.15) is 0 Å². The number of hydrogen-bond acceptors (Lipinski definition) is 0. The summed E-state index contributed by atoms with van der Waals surface area (Å²) in [5, 5.41) is 3.01. The van der Waals surface area contributed by atoms with Crippen molar-refractivity contribution in [1.29, 1.82) is 0 Å². The van der Waals surface area contributed by atoms with Crippen molar-refractivity contribution >= 4 is 27.8 Å². The number of rotatable bonds is 8. The molecular weight excluding hydrogens is 290 g/mol. The summed E-state index contributed by atoms with van der Waals surface area (Å²) in [4.78, 5) is 0. The third kappa shape index (κ3) is 5.21. The minimum absolute atomic E-state index is 0.516. The third-order valence-electron chi connectivity index (χ3n) is 4.38. The Balaban J connectivity index is 1.95. The number of hydrogen-bond donors (Lipinski definition) is 0. The maximum absolute atomic E-state index is 2.37. The largest absolute Gasteiger partial charge is 0.0898 e. The Morgan fingerprint density at radius 2 is 1.05 bits per heavy atom. The van der Waals surface area contributed by atoms with Crippen LogP contribution in [0.5, 0.6) is 0 Å². The first kappa shape index (κ1) is 16.7. The lowest BCUT2D eigenvalue weighted by atomic mass is 9.87. The summed E-state index contributed by atoms with van der Waals surface area (Å²) in [5.74, 6) is 0. The Bertz CT molecular complexity index is 458. The predicted octanol–water partition coefficient (Wildman–Crippen LogP) is 4.80. The molecule has 0 aromatic heterocycles. The molecule has 2 aromatic carbocycles. The average molecular weight is 316 g/mol. The van der Waals surface area contributed by atoms with Crippen molar-refractivity contribution in [1.82, 2.24) is 0 Å². The second-order valence-electron chi connectivity index (χ2n) is 5.65. The summed E-state index contributed by atoms with van der Waals surface area (Å²) in [7, 11) is 1.88. The van der Waals surface area contributed by atoms with E-state index >= 15 is 0 Å². The first-order chi connectivity index (χ1) is 10.3. The monoisotopic (exact) mass is 316 g/mol. The third-order valence-corrected chi connectivity index (χ3v) is 7.72. The zero-order valence-electron chi connectivity index (χ0n) is 13.1. The maximum Gasteiger partial charge on any atom is -0.0223 e. The highest BCUT2D eigenvalue weighted by Gasteiger charge is 2.25. The molecule has 0 aliphatic rings. The van der Waals surface area contributed by atoms with Gasteiger partial charge in [0, 0.05) is 0 Å². The van der Waals surface area contributed by atoms with Gasteiger partial charge in [0.25, 0.3) is 0 Å². The molecule has 0 heterocycles. The van der Waals surface area contributed by atoms with Crippen LogP contribution in [-0.4, -0.2) is 12.3 Å². The van der Waals surface area contributed by atoms with Crippen LogP contribution >= 0.6 is 17.2 Å². The topological polar surface area (TPSA) is 0 Å². The Morgan fingerprint density at radius 1 is 0.667 bits per heavy atom. The highest BCUT2D eigenvalue weighted by atomic mass is 31.1. The van der Waals surface area contributed by atoms with E-state index in [1.807, 2.05) is 0 Å². The molecule has 0 radical (unpaired) electrons. The molecule has 2 rings (SSSR count). The van der Waals surface area contributed by atoms with Gasteiger partial charge in [-0.15, -0.1) is 0 Å². The van der Waals surface area contributed by atoms with Crippen molar-refractivity contribution in [2.24, 2.45) is 5.41 Å². The smallest absolute Gasteiger partial charge is 0.0223 e. The Morgan fingerprint density at radius 3 is 1.38 bits per heavy atom. The second kappa shape index (κ2) is 8.67. The van der Waals surface area contributed by atoms with E-state index in [0.717, 1.165) is 17.2 Å². The van der Waals surface area contributed by atoms with E-state index < -0.39 is 0 Å². The lowest BCUT2D eigenvalue weighted by molar-refractivity contribution is 0.354. The summed E-state index contributed by atoms with van der Waals surface area (Å²) in [6, 6.07) is 21.9. The van der Waals surface area contributed by atoms with E-state index in [2.05, 4.69) is 74.5 Å². The summed E-state index contributed by atoms with van der Waals surface area (Å²) in [6.07, 6.45) is 5.26. The normalized spacial score (nSPS) is 12.7. The van der Waals surface area contributed by atoms with Crippen LogP contribution in [0.1, 0.15) is 26.7 Å². The Kier molecular flexibility index (Phi) is 6.88. The van der Waals surface area contributed by atoms with Crippen molar-refractivity contribution in [2.45, 2.75) is 26.7 Å². The summed E-state index contributed by atoms with van der Waals surface area (Å²) < 4.78 is 0. The van der Waals surface area contributed by atoms with Gasteiger partial charge >= 0.3 is 0 Å². The van der Waals surface area contributed by atoms with E-state index in [1.54, 1.807) is 0 Å². The van der Waals surface area contributed by atoms with E-state index in [-0.39, 0.29) is 0 Å². The molecule has 0 amide bonds. The van der Waals surface area contributed by atoms with E-state index in [9.17, 15) is 0 Å². The molecule has 0 saturated heterocycles. The first-order valence-electron chi connectivity index (χ1n) is 7.86. The van der Waals surface area contributed by atoms with Gasteiger partial charge < -0.3 is 0 Å². The minimum Gasteiger partial charge on any atom is -0.0898 e. The lowest BCUT2D eigenvalue weighted by Crippen LogP contribution is -2.26. The molecule has 0 fully saturated rings. The molecule has 0 spiro atoms. The number of benzene rings is 2. The van der Waals surface area contributed by atoms with Gasteiger partial charge in [-0.25, -0.2) is 0 Å². The van der Waals surface area contributed by atoms with Crippen molar-refractivity contribution in [2.75, 3.05) is 12.3 Å². The molecule has 21 heavy (non-hydrogen) atoms. The minimum atomic E-state index is 0.516. The van der Waals surface area contributed by atoms with Gasteiger partial charge in [0.2, 0.25) is 0 Å². The Hall–Kier alpha value is -0.700. The summed E-state index contributed by atoms with van der Waals surface area (Å²) in [5.41, 5.74) is 0.516. The summed E-state index contributed by atoms with van der Waals surface area (Å²) in [6.45, 7) is 4.74. The predicted molar refractivity (Wildman–Crippen MR) is 102 cm³/mol. The second-order valence-corrected chi connectivity index (χ2v) is 8.22. The van der Waals surface area contributed by atoms with Crippen molar-refractivity contribution in [3.8, 4) is 0 Å². The van der Waals surface area contributed by atoms with Crippen LogP contribution in [0, 0.1) is 5.41 Å². The van der Waals surface area contributed by atoms with Gasteiger partial charge in [-0.05, 0) is 41.2 Å². The van der Waals surface area contributed by atoms with Crippen molar-refractivity contribution in [3.05, 3.63) is 60.7 Å². The molecule has 0 bridgehead atoms. The van der Waals surface area contributed by atoms with Gasteiger partial charge in [-0.2, -0.15) is 0 Å². The average Bonchev–Trinajstić information content (AvgIpc) is 2.58. The van der Waals surface area contributed by atoms with Gasteiger partial charge in [0.05, 0.1) is 0 Å². The van der Waals surface area contributed by atoms with Crippen molar-refractivity contribution in [3.63, 3.8) is 0 Å². The summed E-state index contributed by atoms with van der Waals surface area (Å²) >= 11 is 0. The molecule has 2 unspecified atom stereocenters. The SMILES string of the molecule is CCC(CC)(CPc1ccccc1)CPc1ccccc1. The molecule has 0 aliphatic heterocycles. The van der Waals surface area contributed by atoms with E-state index in [4.69, 9.17) is 0 Å². The molecule has 0 nitrogen and oxygen atoms in total. The first-order valence-corrected chi connectivity index (χ1v) is 10.3. The molecule has 0 saturated carbocycles. The van der Waals surface area contributed by atoms with E-state index in [1.165, 1.54) is 35.8 Å². The van der Waals surface area contributed by atoms with Crippen LogP contribution in [0.3, 0.4) is 0 Å². The molecule has 2 aromatic rings. The fourth-order valence-corrected chi connectivity index (χ4v) is 6.02. The quantitative estimate of drug-likeness (QED) is 0.614. The van der Waals surface area contributed by atoms with Crippen LogP contribution in [0.25, 0.3) is 0 Å². The van der Waals surface area contributed by atoms with Gasteiger partial charge in [-0.1, -0.05) is 91.7 Å². The van der Waals surface area contributed by atoms with Crippen LogP contribution in [-0.2, 0) is 0 Å². The van der Waals surface area contributed by atoms with Crippen LogP contribution in [0.2, 0.25) is 0 Å². The molecular formula is C19H26P2. The fraction of sp³-hybridized carbons (Fsp3) is 0.368. The molecule has 0 N–H and O–H groups in total.